The van der Waals surface area contributed by atoms with Crippen molar-refractivity contribution in [2.24, 2.45) is 0 Å². The molecule has 9 heteroatoms. The van der Waals surface area contributed by atoms with Crippen molar-refractivity contribution in [1.82, 2.24) is 14.8 Å². The van der Waals surface area contributed by atoms with Gasteiger partial charge < -0.3 is 24.6 Å². The number of nitrogens with zero attached hydrogens (tertiary/aromatic N) is 3. The first-order valence-electron chi connectivity index (χ1n) is 10.3. The topological polar surface area (TPSA) is 84.0 Å². The number of likely N-dealkylation sites (tertiary alicyclic amines) is 1. The first-order chi connectivity index (χ1) is 15.0. The molecule has 2 fully saturated rings. The molecule has 0 spiro atoms. The van der Waals surface area contributed by atoms with Crippen LogP contribution >= 0.6 is 11.6 Å². The summed E-state index contributed by atoms with van der Waals surface area (Å²) in [6.45, 7) is 5.03. The summed E-state index contributed by atoms with van der Waals surface area (Å²) in [6, 6.07) is 8.65. The number of nitrogens with one attached hydrogen (secondary N) is 1. The van der Waals surface area contributed by atoms with Crippen molar-refractivity contribution in [1.29, 1.82) is 0 Å². The molecule has 164 valence electrons. The molecule has 0 bridgehead atoms. The van der Waals surface area contributed by atoms with Crippen LogP contribution in [-0.2, 0) is 4.74 Å². The number of hydrogen-bond donors (Lipinski definition) is 1. The molecule has 3 heterocycles. The second-order valence-electron chi connectivity index (χ2n) is 7.63. The number of ether oxygens (including phenoxy) is 2. The predicted octanol–water partition coefficient (Wildman–Crippen LogP) is 3.20. The normalized spacial score (nSPS) is 18.7. The largest absolute Gasteiger partial charge is 0.472 e. The van der Waals surface area contributed by atoms with Gasteiger partial charge in [-0.05, 0) is 36.8 Å². The highest BCUT2D eigenvalue weighted by molar-refractivity contribution is 6.31. The Morgan fingerprint density at radius 2 is 2.00 bits per heavy atom. The zero-order valence-electron chi connectivity index (χ0n) is 17.3. The molecule has 1 N–H and O–H groups in total. The number of halogens is 1. The molecule has 0 radical (unpaired) electrons. The molecule has 3 amide bonds. The van der Waals surface area contributed by atoms with Crippen molar-refractivity contribution in [2.45, 2.75) is 19.4 Å². The minimum Gasteiger partial charge on any atom is -0.472 e. The Labute approximate surface area is 186 Å². The van der Waals surface area contributed by atoms with E-state index in [1.54, 1.807) is 34.2 Å². The summed E-state index contributed by atoms with van der Waals surface area (Å²) in [5.41, 5.74) is 2.03. The highest BCUT2D eigenvalue weighted by atomic mass is 35.5. The number of aryl methyl sites for hydroxylation is 1. The Balaban J connectivity index is 1.37. The first kappa shape index (κ1) is 21.4. The minimum atomic E-state index is -0.238. The van der Waals surface area contributed by atoms with Crippen LogP contribution in [0, 0.1) is 6.92 Å². The van der Waals surface area contributed by atoms with Crippen LogP contribution in [0.4, 0.5) is 10.5 Å². The zero-order valence-corrected chi connectivity index (χ0v) is 18.1. The average molecular weight is 445 g/mol. The monoisotopic (exact) mass is 444 g/mol. The van der Waals surface area contributed by atoms with Crippen LogP contribution in [0.5, 0.6) is 5.88 Å². The van der Waals surface area contributed by atoms with E-state index in [-0.39, 0.29) is 18.0 Å². The van der Waals surface area contributed by atoms with Crippen LogP contribution in [-0.4, -0.2) is 72.2 Å². The van der Waals surface area contributed by atoms with Gasteiger partial charge in [0.15, 0.2) is 0 Å². The standard InChI is InChI=1S/C22H25ClN4O4/c1-15-4-5-16(13-19(15)23)25-22(29)27-8-6-17(14-27)31-20-18(3-2-7-24-20)21(28)26-9-11-30-12-10-26/h2-5,7,13,17H,6,8-12,14H2,1H3,(H,25,29). The molecule has 1 aromatic carbocycles. The zero-order chi connectivity index (χ0) is 21.8. The van der Waals surface area contributed by atoms with Gasteiger partial charge in [0.25, 0.3) is 5.91 Å². The molecule has 1 unspecified atom stereocenters. The Morgan fingerprint density at radius 3 is 2.77 bits per heavy atom. The van der Waals surface area contributed by atoms with Crippen molar-refractivity contribution < 1.29 is 19.1 Å². The van der Waals surface area contributed by atoms with Gasteiger partial charge in [-0.1, -0.05) is 17.7 Å². The number of morpholine rings is 1. The second kappa shape index (κ2) is 9.53. The fraction of sp³-hybridized carbons (Fsp3) is 0.409. The number of hydrogen-bond acceptors (Lipinski definition) is 5. The van der Waals surface area contributed by atoms with Gasteiger partial charge in [0, 0.05) is 43.0 Å². The van der Waals surface area contributed by atoms with Gasteiger partial charge >= 0.3 is 6.03 Å². The third-order valence-electron chi connectivity index (χ3n) is 5.43. The molecule has 0 aliphatic carbocycles. The molecule has 8 nitrogen and oxygen atoms in total. The van der Waals surface area contributed by atoms with E-state index in [4.69, 9.17) is 21.1 Å². The van der Waals surface area contributed by atoms with Gasteiger partial charge in [-0.2, -0.15) is 0 Å². The molecule has 1 aromatic heterocycles. The molecule has 31 heavy (non-hydrogen) atoms. The molecule has 4 rings (SSSR count). The summed E-state index contributed by atoms with van der Waals surface area (Å²) in [7, 11) is 0. The van der Waals surface area contributed by atoms with Crippen LogP contribution in [0.2, 0.25) is 5.02 Å². The van der Waals surface area contributed by atoms with Crippen molar-refractivity contribution in [3.8, 4) is 5.88 Å². The molecule has 2 aliphatic heterocycles. The van der Waals surface area contributed by atoms with Gasteiger partial charge in [0.2, 0.25) is 5.88 Å². The molecule has 0 saturated carbocycles. The fourth-order valence-corrected chi connectivity index (χ4v) is 3.80. The Morgan fingerprint density at radius 1 is 1.19 bits per heavy atom. The maximum Gasteiger partial charge on any atom is 0.321 e. The maximum absolute atomic E-state index is 12.9. The molecule has 2 saturated heterocycles. The second-order valence-corrected chi connectivity index (χ2v) is 8.04. The van der Waals surface area contributed by atoms with Crippen molar-refractivity contribution in [3.63, 3.8) is 0 Å². The number of aromatic nitrogens is 1. The number of amides is 3. The van der Waals surface area contributed by atoms with Crippen molar-refractivity contribution in [2.75, 3.05) is 44.7 Å². The maximum atomic E-state index is 12.9. The van der Waals surface area contributed by atoms with E-state index in [2.05, 4.69) is 10.3 Å². The van der Waals surface area contributed by atoms with E-state index < -0.39 is 0 Å². The third-order valence-corrected chi connectivity index (χ3v) is 5.84. The molecular formula is C22H25ClN4O4. The van der Waals surface area contributed by atoms with Crippen LogP contribution in [0.3, 0.4) is 0 Å². The Kier molecular flexibility index (Phi) is 6.58. The Hall–Kier alpha value is -2.84. The van der Waals surface area contributed by atoms with Crippen LogP contribution < -0.4 is 10.1 Å². The van der Waals surface area contributed by atoms with Gasteiger partial charge in [0.05, 0.1) is 19.8 Å². The molecule has 2 aliphatic rings. The average Bonchev–Trinajstić information content (AvgIpc) is 3.25. The van der Waals surface area contributed by atoms with E-state index in [0.29, 0.717) is 68.0 Å². The van der Waals surface area contributed by atoms with Crippen LogP contribution in [0.25, 0.3) is 0 Å². The predicted molar refractivity (Wildman–Crippen MR) is 117 cm³/mol. The highest BCUT2D eigenvalue weighted by Crippen LogP contribution is 2.24. The van der Waals surface area contributed by atoms with Gasteiger partial charge in [0.1, 0.15) is 11.7 Å². The van der Waals surface area contributed by atoms with Crippen molar-refractivity contribution in [3.05, 3.63) is 52.7 Å². The lowest BCUT2D eigenvalue weighted by Gasteiger charge is -2.27. The number of benzene rings is 1. The number of carbonyl (C=O) groups excluding carboxylic acids is 2. The van der Waals surface area contributed by atoms with Crippen LogP contribution in [0.15, 0.2) is 36.5 Å². The number of rotatable bonds is 4. The first-order valence-corrected chi connectivity index (χ1v) is 10.7. The van der Waals surface area contributed by atoms with Gasteiger partial charge in [-0.3, -0.25) is 4.79 Å². The van der Waals surface area contributed by atoms with Crippen LogP contribution in [0.1, 0.15) is 22.3 Å². The highest BCUT2D eigenvalue weighted by Gasteiger charge is 2.30. The number of pyridine rings is 1. The number of urea groups is 1. The van der Waals surface area contributed by atoms with Crippen molar-refractivity contribution >= 4 is 29.2 Å². The third kappa shape index (κ3) is 5.08. The van der Waals surface area contributed by atoms with E-state index in [1.165, 1.54) is 0 Å². The summed E-state index contributed by atoms with van der Waals surface area (Å²) in [4.78, 5) is 33.2. The number of anilines is 1. The van der Waals surface area contributed by atoms with E-state index >= 15 is 0 Å². The Bertz CT molecular complexity index is 964. The summed E-state index contributed by atoms with van der Waals surface area (Å²) in [5.74, 6) is 0.187. The summed E-state index contributed by atoms with van der Waals surface area (Å²) in [6.07, 6.45) is 2.02. The molecule has 2 aromatic rings. The SMILES string of the molecule is Cc1ccc(NC(=O)N2CCC(Oc3ncccc3C(=O)N3CCOCC3)C2)cc1Cl. The van der Waals surface area contributed by atoms with E-state index in [0.717, 1.165) is 5.56 Å². The quantitative estimate of drug-likeness (QED) is 0.782. The number of carbonyl (C=O) groups is 2. The lowest BCUT2D eigenvalue weighted by molar-refractivity contribution is 0.0298. The molecule has 1 atom stereocenters. The molecular weight excluding hydrogens is 420 g/mol. The summed E-state index contributed by atoms with van der Waals surface area (Å²) < 4.78 is 11.4. The van der Waals surface area contributed by atoms with Gasteiger partial charge in [-0.15, -0.1) is 0 Å². The van der Waals surface area contributed by atoms with E-state index in [1.807, 2.05) is 19.1 Å². The minimum absolute atomic E-state index is 0.116. The van der Waals surface area contributed by atoms with Gasteiger partial charge in [-0.25, -0.2) is 9.78 Å². The van der Waals surface area contributed by atoms with E-state index in [9.17, 15) is 9.59 Å². The smallest absolute Gasteiger partial charge is 0.321 e. The fourth-order valence-electron chi connectivity index (χ4n) is 3.62. The lowest BCUT2D eigenvalue weighted by atomic mass is 10.2. The summed E-state index contributed by atoms with van der Waals surface area (Å²) >= 11 is 6.14. The summed E-state index contributed by atoms with van der Waals surface area (Å²) in [5, 5.41) is 3.47. The lowest BCUT2D eigenvalue weighted by Crippen LogP contribution is -2.41.